The van der Waals surface area contributed by atoms with Crippen LogP contribution in [-0.4, -0.2) is 19.6 Å². The van der Waals surface area contributed by atoms with Crippen LogP contribution < -0.4 is 0 Å². The van der Waals surface area contributed by atoms with Gasteiger partial charge < -0.3 is 5.11 Å². The van der Waals surface area contributed by atoms with Crippen molar-refractivity contribution in [3.63, 3.8) is 0 Å². The minimum absolute atomic E-state index is 0.152. The molecule has 8 aromatic rings. The average Bonchev–Trinajstić information content (AvgIpc) is 3.36. The van der Waals surface area contributed by atoms with Crippen molar-refractivity contribution >= 4 is 11.0 Å². The van der Waals surface area contributed by atoms with E-state index in [0.717, 1.165) is 61.3 Å². The molecule has 4 heteroatoms. The standard InChI is InChI=1S/C65H75N3O/c1-40(2)52-39-48(29-30-50(52)51-21-18-19-23-54(51)64(12,13)14)68-57-24-20-22-49(58(57)67-60(68)53-37-47(63(9,10)11)38-55(59(53)69)65(15,16)17)43-33-44(35-46(34-43)62(6,7)8)56-36-42(31-32-66-56)41-25-27-45(28-26-41)61(3,4)5/h18-40,69H,1-17H3/i3D3,4D3,5D3,40D. The third-order valence-electron chi connectivity index (χ3n) is 13.4. The average molecular weight is 924 g/mol. The maximum absolute atomic E-state index is 12.6. The highest BCUT2D eigenvalue weighted by Gasteiger charge is 2.30. The van der Waals surface area contributed by atoms with E-state index in [2.05, 4.69) is 173 Å². The van der Waals surface area contributed by atoms with E-state index in [1.165, 1.54) is 17.7 Å². The molecule has 0 aliphatic heterocycles. The topological polar surface area (TPSA) is 50.9 Å². The number of aromatic hydroxyl groups is 1. The molecule has 8 rings (SSSR count). The first-order chi connectivity index (χ1) is 36.2. The van der Waals surface area contributed by atoms with Crippen LogP contribution >= 0.6 is 0 Å². The molecule has 1 N–H and O–H groups in total. The first kappa shape index (κ1) is 37.6. The normalized spacial score (nSPS) is 15.7. The second-order valence-electron chi connectivity index (χ2n) is 23.2. The minimum atomic E-state index is -3.38. The number of nitrogens with zero attached hydrogens (tertiary/aromatic N) is 3. The molecule has 6 aromatic carbocycles. The Morgan fingerprint density at radius 3 is 1.78 bits per heavy atom. The number of para-hydroxylation sites is 1. The van der Waals surface area contributed by atoms with Crippen LogP contribution in [0.25, 0.3) is 72.7 Å². The van der Waals surface area contributed by atoms with Crippen molar-refractivity contribution in [1.29, 1.82) is 0 Å². The largest absolute Gasteiger partial charge is 0.507 e. The van der Waals surface area contributed by atoms with Crippen LogP contribution in [0.1, 0.15) is 170 Å². The van der Waals surface area contributed by atoms with Crippen LogP contribution in [0.5, 0.6) is 5.75 Å². The Morgan fingerprint density at radius 2 is 1.14 bits per heavy atom. The summed E-state index contributed by atoms with van der Waals surface area (Å²) in [7, 11) is 0. The SMILES string of the molecule is [2H]C(C)(C)c1cc(-n2c(-c3cc(C(C)(C)C)cc(C(C)(C)C)c3O)nc3c(-c4cc(-c5cc(-c6ccc(C(C([2H])([2H])[2H])(C([2H])([2H])[2H])C([2H])([2H])[2H])cc6)ccn5)cc(C(C)(C)C)c4)cccc32)ccc1-c1ccccc1C(C)(C)C. The van der Waals surface area contributed by atoms with E-state index in [1.54, 1.807) is 24.4 Å². The van der Waals surface area contributed by atoms with Gasteiger partial charge in [-0.25, -0.2) is 4.98 Å². The van der Waals surface area contributed by atoms with Crippen molar-refractivity contribution in [2.24, 2.45) is 0 Å². The van der Waals surface area contributed by atoms with Crippen LogP contribution in [0.15, 0.2) is 134 Å². The highest BCUT2D eigenvalue weighted by atomic mass is 16.3. The zero-order chi connectivity index (χ0) is 58.6. The molecule has 0 saturated carbocycles. The quantitative estimate of drug-likeness (QED) is 0.173. The molecule has 356 valence electrons. The summed E-state index contributed by atoms with van der Waals surface area (Å²) < 4.78 is 85.9. The smallest absolute Gasteiger partial charge is 0.149 e. The van der Waals surface area contributed by atoms with Gasteiger partial charge in [0, 0.05) is 42.3 Å². The second kappa shape index (κ2) is 17.6. The number of imidazole rings is 1. The predicted molar refractivity (Wildman–Crippen MR) is 295 cm³/mol. The van der Waals surface area contributed by atoms with Gasteiger partial charge in [0.25, 0.3) is 0 Å². The van der Waals surface area contributed by atoms with Crippen molar-refractivity contribution < 1.29 is 18.8 Å². The second-order valence-corrected chi connectivity index (χ2v) is 23.2. The van der Waals surface area contributed by atoms with Crippen LogP contribution in [-0.2, 0) is 27.1 Å². The molecule has 0 unspecified atom stereocenters. The summed E-state index contributed by atoms with van der Waals surface area (Å²) in [6.45, 7) is 19.6. The van der Waals surface area contributed by atoms with E-state index in [4.69, 9.17) is 22.3 Å². The fourth-order valence-corrected chi connectivity index (χ4v) is 9.32. The molecule has 0 spiro atoms. The Labute approximate surface area is 428 Å². The van der Waals surface area contributed by atoms with Gasteiger partial charge in [0.05, 0.1) is 22.3 Å². The third kappa shape index (κ3) is 9.83. The van der Waals surface area contributed by atoms with Crippen LogP contribution in [0, 0.1) is 0 Å². The van der Waals surface area contributed by atoms with Crippen molar-refractivity contribution in [1.82, 2.24) is 14.5 Å². The van der Waals surface area contributed by atoms with E-state index < -0.39 is 37.3 Å². The summed E-state index contributed by atoms with van der Waals surface area (Å²) in [6.07, 6.45) is 1.68. The molecule has 0 saturated heterocycles. The van der Waals surface area contributed by atoms with E-state index >= 15 is 0 Å². The van der Waals surface area contributed by atoms with Gasteiger partial charge in [-0.05, 0) is 137 Å². The molecular weight excluding hydrogens is 839 g/mol. The number of aromatic nitrogens is 3. The molecule has 0 radical (unpaired) electrons. The summed E-state index contributed by atoms with van der Waals surface area (Å²) >= 11 is 0. The lowest BCUT2D eigenvalue weighted by molar-refractivity contribution is 0.446. The van der Waals surface area contributed by atoms with Crippen molar-refractivity contribution in [2.75, 3.05) is 0 Å². The van der Waals surface area contributed by atoms with Crippen LogP contribution in [0.3, 0.4) is 0 Å². The minimum Gasteiger partial charge on any atom is -0.507 e. The Hall–Kier alpha value is -6.26. The zero-order valence-electron chi connectivity index (χ0n) is 53.0. The maximum Gasteiger partial charge on any atom is 0.149 e. The van der Waals surface area contributed by atoms with Crippen LogP contribution in [0.2, 0.25) is 0 Å². The van der Waals surface area contributed by atoms with Crippen molar-refractivity contribution in [2.45, 2.75) is 150 Å². The van der Waals surface area contributed by atoms with Gasteiger partial charge in [0.2, 0.25) is 0 Å². The number of phenolic OH excluding ortho intramolecular Hbond substituents is 1. The van der Waals surface area contributed by atoms with Gasteiger partial charge in [-0.1, -0.05) is 196 Å². The van der Waals surface area contributed by atoms with Crippen molar-refractivity contribution in [3.8, 4) is 67.5 Å². The maximum atomic E-state index is 12.6. The van der Waals surface area contributed by atoms with Gasteiger partial charge in [0.1, 0.15) is 11.6 Å². The predicted octanol–water partition coefficient (Wildman–Crippen LogP) is 18.1. The van der Waals surface area contributed by atoms with Gasteiger partial charge >= 0.3 is 0 Å². The zero-order valence-corrected chi connectivity index (χ0v) is 43.0. The van der Waals surface area contributed by atoms with E-state index in [0.29, 0.717) is 33.7 Å². The fraction of sp³-hybridized carbons (Fsp3) is 0.354. The number of phenols is 1. The Kier molecular flexibility index (Phi) is 9.60. The monoisotopic (exact) mass is 924 g/mol. The third-order valence-corrected chi connectivity index (χ3v) is 13.4. The summed E-state index contributed by atoms with van der Waals surface area (Å²) in [4.78, 5) is 10.5. The van der Waals surface area contributed by atoms with Crippen molar-refractivity contribution in [3.05, 3.63) is 167 Å². The number of benzene rings is 6. The molecule has 0 aliphatic rings. The fourth-order valence-electron chi connectivity index (χ4n) is 9.32. The molecule has 0 atom stereocenters. The number of pyridine rings is 1. The van der Waals surface area contributed by atoms with E-state index in [1.807, 2.05) is 26.0 Å². The highest BCUT2D eigenvalue weighted by molar-refractivity contribution is 5.97. The summed E-state index contributed by atoms with van der Waals surface area (Å²) in [5.74, 6) is -0.316. The number of hydrogen-bond donors (Lipinski definition) is 1. The summed E-state index contributed by atoms with van der Waals surface area (Å²) in [6, 6.07) is 40.9. The lowest BCUT2D eigenvalue weighted by Crippen LogP contribution is -2.17. The number of hydrogen-bond acceptors (Lipinski definition) is 3. The first-order valence-corrected chi connectivity index (χ1v) is 24.0. The Morgan fingerprint density at radius 1 is 0.507 bits per heavy atom. The highest BCUT2D eigenvalue weighted by Crippen LogP contribution is 2.46. The molecule has 2 aromatic heterocycles. The Bertz CT molecular complexity index is 3570. The van der Waals surface area contributed by atoms with Gasteiger partial charge in [0.15, 0.2) is 0 Å². The number of rotatable bonds is 7. The molecule has 0 bridgehead atoms. The lowest BCUT2D eigenvalue weighted by atomic mass is 9.79. The van der Waals surface area contributed by atoms with E-state index in [9.17, 15) is 6.48 Å². The molecule has 69 heavy (non-hydrogen) atoms. The molecule has 4 nitrogen and oxygen atoms in total. The molecule has 0 fully saturated rings. The molecule has 2 heterocycles. The number of fused-ring (bicyclic) bond motifs is 1. The van der Waals surface area contributed by atoms with Gasteiger partial charge in [-0.2, -0.15) is 0 Å². The summed E-state index contributed by atoms with van der Waals surface area (Å²) in [5.41, 5.74) is 9.69. The van der Waals surface area contributed by atoms with Gasteiger partial charge in [-0.3, -0.25) is 9.55 Å². The van der Waals surface area contributed by atoms with Crippen LogP contribution in [0.4, 0.5) is 0 Å². The van der Waals surface area contributed by atoms with E-state index in [-0.39, 0.29) is 27.6 Å². The summed E-state index contributed by atoms with van der Waals surface area (Å²) in [5, 5.41) is 12.6. The molecular formula is C65H75N3O. The molecule has 0 aliphatic carbocycles. The first-order valence-electron chi connectivity index (χ1n) is 29.0. The lowest BCUT2D eigenvalue weighted by Gasteiger charge is -2.28. The Balaban J connectivity index is 1.38. The van der Waals surface area contributed by atoms with Gasteiger partial charge in [-0.15, -0.1) is 0 Å². The molecule has 0 amide bonds.